The predicted molar refractivity (Wildman–Crippen MR) is 91.6 cm³/mol. The van der Waals surface area contributed by atoms with Gasteiger partial charge in [0, 0.05) is 31.2 Å². The van der Waals surface area contributed by atoms with E-state index in [-0.39, 0.29) is 18.0 Å². The minimum atomic E-state index is -0.170. The molecule has 7 heteroatoms. The van der Waals surface area contributed by atoms with Gasteiger partial charge in [0.05, 0.1) is 12.8 Å². The molecule has 2 saturated heterocycles. The standard InChI is InChI=1S/C17H24N4O3/c1-11-5-6-18-10-13(11)20-16(22)12-3-4-15(24-2)14(9-12)21-8-7-19-17(21)23/h3-4,9,11,13,18H,5-8,10H2,1-2H3,(H,19,23)(H,20,22). The number of piperidine rings is 1. The Kier molecular flexibility index (Phi) is 4.89. The van der Waals surface area contributed by atoms with E-state index in [1.54, 1.807) is 30.2 Å². The van der Waals surface area contributed by atoms with E-state index < -0.39 is 0 Å². The number of hydrogen-bond acceptors (Lipinski definition) is 4. The van der Waals surface area contributed by atoms with Crippen LogP contribution in [-0.4, -0.2) is 51.3 Å². The first-order valence-corrected chi connectivity index (χ1v) is 8.35. The van der Waals surface area contributed by atoms with Crippen LogP contribution in [0.2, 0.25) is 0 Å². The Morgan fingerprint density at radius 2 is 2.21 bits per heavy atom. The summed E-state index contributed by atoms with van der Waals surface area (Å²) in [5.74, 6) is 0.896. The van der Waals surface area contributed by atoms with Crippen LogP contribution in [0.25, 0.3) is 0 Å². The van der Waals surface area contributed by atoms with Crippen LogP contribution < -0.4 is 25.6 Å². The minimum Gasteiger partial charge on any atom is -0.495 e. The van der Waals surface area contributed by atoms with Gasteiger partial charge in [0.2, 0.25) is 0 Å². The maximum Gasteiger partial charge on any atom is 0.322 e. The highest BCUT2D eigenvalue weighted by Crippen LogP contribution is 2.30. The Morgan fingerprint density at radius 1 is 1.38 bits per heavy atom. The molecule has 2 aliphatic rings. The summed E-state index contributed by atoms with van der Waals surface area (Å²) in [6, 6.07) is 5.13. The van der Waals surface area contributed by atoms with Crippen LogP contribution in [0, 0.1) is 5.92 Å². The summed E-state index contributed by atoms with van der Waals surface area (Å²) in [6.45, 7) is 5.07. The first kappa shape index (κ1) is 16.6. The second kappa shape index (κ2) is 7.09. The van der Waals surface area contributed by atoms with Gasteiger partial charge >= 0.3 is 6.03 Å². The average Bonchev–Trinajstić information content (AvgIpc) is 3.02. The van der Waals surface area contributed by atoms with E-state index in [0.717, 1.165) is 19.5 Å². The third-order valence-electron chi connectivity index (χ3n) is 4.73. The molecule has 7 nitrogen and oxygen atoms in total. The van der Waals surface area contributed by atoms with Crippen LogP contribution in [0.15, 0.2) is 18.2 Å². The van der Waals surface area contributed by atoms with Crippen LogP contribution in [0.5, 0.6) is 5.75 Å². The monoisotopic (exact) mass is 332 g/mol. The summed E-state index contributed by atoms with van der Waals surface area (Å²) in [5, 5.41) is 9.16. The van der Waals surface area contributed by atoms with Crippen molar-refractivity contribution in [3.63, 3.8) is 0 Å². The van der Waals surface area contributed by atoms with Gasteiger partial charge in [-0.15, -0.1) is 0 Å². The maximum absolute atomic E-state index is 12.6. The van der Waals surface area contributed by atoms with Gasteiger partial charge in [-0.3, -0.25) is 9.69 Å². The number of carbonyl (C=O) groups excluding carboxylic acids is 2. The average molecular weight is 332 g/mol. The molecule has 3 rings (SSSR count). The van der Waals surface area contributed by atoms with Crippen molar-refractivity contribution in [2.75, 3.05) is 38.2 Å². The Morgan fingerprint density at radius 3 is 2.88 bits per heavy atom. The molecule has 2 unspecified atom stereocenters. The van der Waals surface area contributed by atoms with E-state index >= 15 is 0 Å². The molecule has 0 radical (unpaired) electrons. The number of anilines is 1. The SMILES string of the molecule is COc1ccc(C(=O)NC2CNCCC2C)cc1N1CCNC1=O. The van der Waals surface area contributed by atoms with Crippen molar-refractivity contribution >= 4 is 17.6 Å². The molecule has 2 heterocycles. The van der Waals surface area contributed by atoms with Crippen molar-refractivity contribution in [3.05, 3.63) is 23.8 Å². The van der Waals surface area contributed by atoms with Gasteiger partial charge in [0.15, 0.2) is 0 Å². The predicted octanol–water partition coefficient (Wildman–Crippen LogP) is 0.953. The number of benzene rings is 1. The molecule has 0 saturated carbocycles. The van der Waals surface area contributed by atoms with Crippen molar-refractivity contribution in [2.24, 2.45) is 5.92 Å². The molecule has 2 fully saturated rings. The normalized spacial score (nSPS) is 23.8. The number of hydrogen-bond donors (Lipinski definition) is 3. The topological polar surface area (TPSA) is 82.7 Å². The Labute approximate surface area is 141 Å². The third kappa shape index (κ3) is 3.31. The fraction of sp³-hybridized carbons (Fsp3) is 0.529. The molecule has 2 atom stereocenters. The molecule has 24 heavy (non-hydrogen) atoms. The van der Waals surface area contributed by atoms with Gasteiger partial charge in [-0.25, -0.2) is 4.79 Å². The second-order valence-electron chi connectivity index (χ2n) is 6.32. The lowest BCUT2D eigenvalue weighted by atomic mass is 9.94. The lowest BCUT2D eigenvalue weighted by molar-refractivity contribution is 0.0915. The number of ether oxygens (including phenoxy) is 1. The number of amides is 3. The van der Waals surface area contributed by atoms with E-state index in [1.807, 2.05) is 0 Å². The van der Waals surface area contributed by atoms with Gasteiger partial charge in [0.1, 0.15) is 5.75 Å². The quantitative estimate of drug-likeness (QED) is 0.767. The molecule has 0 aliphatic carbocycles. The molecule has 130 valence electrons. The van der Waals surface area contributed by atoms with Crippen LogP contribution in [-0.2, 0) is 0 Å². The molecule has 1 aromatic rings. The zero-order chi connectivity index (χ0) is 17.1. The molecule has 3 N–H and O–H groups in total. The summed E-state index contributed by atoms with van der Waals surface area (Å²) in [4.78, 5) is 26.1. The van der Waals surface area contributed by atoms with Crippen LogP contribution in [0.4, 0.5) is 10.5 Å². The van der Waals surface area contributed by atoms with Crippen LogP contribution >= 0.6 is 0 Å². The summed E-state index contributed by atoms with van der Waals surface area (Å²) >= 11 is 0. The molecule has 3 amide bonds. The van der Waals surface area contributed by atoms with Gasteiger partial charge in [-0.2, -0.15) is 0 Å². The lowest BCUT2D eigenvalue weighted by Crippen LogP contribution is -2.50. The summed E-state index contributed by atoms with van der Waals surface area (Å²) in [7, 11) is 1.56. The molecule has 0 aromatic heterocycles. The molecule has 1 aromatic carbocycles. The zero-order valence-corrected chi connectivity index (χ0v) is 14.1. The fourth-order valence-corrected chi connectivity index (χ4v) is 3.18. The number of nitrogens with zero attached hydrogens (tertiary/aromatic N) is 1. The van der Waals surface area contributed by atoms with Crippen LogP contribution in [0.3, 0.4) is 0 Å². The highest BCUT2D eigenvalue weighted by molar-refractivity contribution is 6.00. The summed E-state index contributed by atoms with van der Waals surface area (Å²) in [6.07, 6.45) is 1.05. The van der Waals surface area contributed by atoms with E-state index in [4.69, 9.17) is 4.74 Å². The van der Waals surface area contributed by atoms with Gasteiger partial charge in [-0.1, -0.05) is 6.92 Å². The van der Waals surface area contributed by atoms with E-state index in [0.29, 0.717) is 36.0 Å². The zero-order valence-electron chi connectivity index (χ0n) is 14.1. The number of nitrogens with one attached hydrogen (secondary N) is 3. The Bertz CT molecular complexity index is 634. The van der Waals surface area contributed by atoms with E-state index in [2.05, 4.69) is 22.9 Å². The number of carbonyl (C=O) groups is 2. The van der Waals surface area contributed by atoms with Crippen molar-refractivity contribution in [3.8, 4) is 5.75 Å². The Balaban J connectivity index is 1.80. The van der Waals surface area contributed by atoms with Crippen molar-refractivity contribution in [1.29, 1.82) is 0 Å². The van der Waals surface area contributed by atoms with Crippen LogP contribution in [0.1, 0.15) is 23.7 Å². The maximum atomic E-state index is 12.6. The second-order valence-corrected chi connectivity index (χ2v) is 6.32. The highest BCUT2D eigenvalue weighted by Gasteiger charge is 2.27. The van der Waals surface area contributed by atoms with E-state index in [1.165, 1.54) is 0 Å². The van der Waals surface area contributed by atoms with Gasteiger partial charge in [0.25, 0.3) is 5.91 Å². The molecular weight excluding hydrogens is 308 g/mol. The number of methoxy groups -OCH3 is 1. The first-order valence-electron chi connectivity index (χ1n) is 8.35. The van der Waals surface area contributed by atoms with Crippen molar-refractivity contribution in [2.45, 2.75) is 19.4 Å². The van der Waals surface area contributed by atoms with Gasteiger partial charge < -0.3 is 20.7 Å². The van der Waals surface area contributed by atoms with Crippen molar-refractivity contribution < 1.29 is 14.3 Å². The summed E-state index contributed by atoms with van der Waals surface area (Å²) in [5.41, 5.74) is 1.15. The molecular formula is C17H24N4O3. The Hall–Kier alpha value is -2.28. The highest BCUT2D eigenvalue weighted by atomic mass is 16.5. The summed E-state index contributed by atoms with van der Waals surface area (Å²) < 4.78 is 5.34. The number of urea groups is 1. The molecule has 0 spiro atoms. The third-order valence-corrected chi connectivity index (χ3v) is 4.73. The van der Waals surface area contributed by atoms with E-state index in [9.17, 15) is 9.59 Å². The van der Waals surface area contributed by atoms with Gasteiger partial charge in [-0.05, 0) is 37.1 Å². The largest absolute Gasteiger partial charge is 0.495 e. The number of rotatable bonds is 4. The smallest absolute Gasteiger partial charge is 0.322 e. The molecule has 0 bridgehead atoms. The molecule has 2 aliphatic heterocycles. The fourth-order valence-electron chi connectivity index (χ4n) is 3.18. The lowest BCUT2D eigenvalue weighted by Gasteiger charge is -2.30. The minimum absolute atomic E-state index is 0.117. The first-order chi connectivity index (χ1) is 11.6. The van der Waals surface area contributed by atoms with Crippen molar-refractivity contribution in [1.82, 2.24) is 16.0 Å².